The number of para-hydroxylation sites is 2. The summed E-state index contributed by atoms with van der Waals surface area (Å²) in [6, 6.07) is 33.8. The molecule has 0 unspecified atom stereocenters. The Morgan fingerprint density at radius 1 is 0.789 bits per heavy atom. The number of fused-ring (bicyclic) bond motifs is 1. The second kappa shape index (κ2) is 10.2. The molecule has 2 heterocycles. The molecule has 7 nitrogen and oxygen atoms in total. The highest BCUT2D eigenvalue weighted by atomic mass is 16.6. The first-order valence-electron chi connectivity index (χ1n) is 12.7. The zero-order chi connectivity index (χ0) is 25.9. The van der Waals surface area contributed by atoms with E-state index in [-0.39, 0.29) is 0 Å². The van der Waals surface area contributed by atoms with Gasteiger partial charge in [0.15, 0.2) is 5.70 Å². The lowest BCUT2D eigenvalue weighted by Gasteiger charge is -2.39. The number of anilines is 2. The lowest BCUT2D eigenvalue weighted by atomic mass is 10.0. The molecule has 4 aromatic rings. The zero-order valence-electron chi connectivity index (χ0n) is 20.8. The minimum absolute atomic E-state index is 0.298. The Kier molecular flexibility index (Phi) is 6.32. The van der Waals surface area contributed by atoms with Crippen molar-refractivity contribution in [1.29, 1.82) is 5.41 Å². The van der Waals surface area contributed by atoms with Crippen molar-refractivity contribution in [2.24, 2.45) is 4.99 Å². The van der Waals surface area contributed by atoms with Crippen LogP contribution in [0.5, 0.6) is 0 Å². The van der Waals surface area contributed by atoms with Crippen LogP contribution in [0.4, 0.5) is 11.4 Å². The Hall–Kier alpha value is -4.91. The number of nitrogens with zero attached hydrogens (tertiary/aromatic N) is 4. The molecule has 188 valence electrons. The number of rotatable bonds is 4. The van der Waals surface area contributed by atoms with Crippen LogP contribution < -0.4 is 4.90 Å². The molecule has 0 aliphatic carbocycles. The zero-order valence-corrected chi connectivity index (χ0v) is 20.8. The van der Waals surface area contributed by atoms with Crippen molar-refractivity contribution in [2.75, 3.05) is 31.1 Å². The quantitative estimate of drug-likeness (QED) is 0.176. The van der Waals surface area contributed by atoms with Gasteiger partial charge in [-0.05, 0) is 41.1 Å². The lowest BCUT2D eigenvalue weighted by Crippen LogP contribution is -2.51. The summed E-state index contributed by atoms with van der Waals surface area (Å²) in [5, 5.41) is 11.1. The monoisotopic (exact) mass is 501 g/mol. The number of hydrogen-bond acceptors (Lipinski definition) is 5. The van der Waals surface area contributed by atoms with Gasteiger partial charge in [0.2, 0.25) is 11.9 Å². The molecule has 2 aliphatic rings. The second-order valence-corrected chi connectivity index (χ2v) is 9.20. The summed E-state index contributed by atoms with van der Waals surface area (Å²) < 4.78 is 5.56. The van der Waals surface area contributed by atoms with Gasteiger partial charge in [-0.3, -0.25) is 10.3 Å². The molecule has 0 saturated carbocycles. The van der Waals surface area contributed by atoms with E-state index < -0.39 is 5.97 Å². The molecule has 0 amide bonds. The predicted octanol–water partition coefficient (Wildman–Crippen LogP) is 5.38. The van der Waals surface area contributed by atoms with Crippen LogP contribution in [0.2, 0.25) is 0 Å². The molecule has 4 aromatic carbocycles. The number of benzene rings is 4. The van der Waals surface area contributed by atoms with E-state index in [0.29, 0.717) is 43.7 Å². The Morgan fingerprint density at radius 2 is 1.39 bits per heavy atom. The van der Waals surface area contributed by atoms with Crippen LogP contribution in [-0.4, -0.2) is 53.8 Å². The molecule has 6 rings (SSSR count). The number of guanidine groups is 1. The molecule has 7 heteroatoms. The Labute approximate surface area is 221 Å². The van der Waals surface area contributed by atoms with Gasteiger partial charge in [-0.2, -0.15) is 0 Å². The van der Waals surface area contributed by atoms with E-state index in [0.717, 1.165) is 27.7 Å². The van der Waals surface area contributed by atoms with Crippen LogP contribution in [0.15, 0.2) is 120 Å². The molecule has 38 heavy (non-hydrogen) atoms. The molecule has 0 radical (unpaired) electrons. The smallest absolute Gasteiger partial charge is 0.365 e. The van der Waals surface area contributed by atoms with Gasteiger partial charge in [0.1, 0.15) is 0 Å². The highest BCUT2D eigenvalue weighted by Crippen LogP contribution is 2.27. The number of esters is 1. The van der Waals surface area contributed by atoms with Gasteiger partial charge in [0.05, 0.1) is 0 Å². The Balaban J connectivity index is 1.18. The molecule has 2 aliphatic heterocycles. The number of ether oxygens (including phenoxy) is 1. The highest BCUT2D eigenvalue weighted by molar-refractivity contribution is 6.16. The van der Waals surface area contributed by atoms with Crippen molar-refractivity contribution in [3.63, 3.8) is 0 Å². The van der Waals surface area contributed by atoms with Crippen molar-refractivity contribution < 1.29 is 9.53 Å². The van der Waals surface area contributed by atoms with Crippen LogP contribution in [0.25, 0.3) is 10.8 Å². The van der Waals surface area contributed by atoms with E-state index in [1.807, 2.05) is 108 Å². The van der Waals surface area contributed by atoms with E-state index in [9.17, 15) is 4.79 Å². The fourth-order valence-corrected chi connectivity index (χ4v) is 4.85. The second-order valence-electron chi connectivity index (χ2n) is 9.20. The van der Waals surface area contributed by atoms with Crippen LogP contribution >= 0.6 is 0 Å². The van der Waals surface area contributed by atoms with Gasteiger partial charge >= 0.3 is 5.97 Å². The minimum atomic E-state index is -0.442. The molecule has 1 fully saturated rings. The van der Waals surface area contributed by atoms with E-state index in [2.05, 4.69) is 14.8 Å². The molecule has 0 bridgehead atoms. The maximum absolute atomic E-state index is 12.7. The molecular weight excluding hydrogens is 474 g/mol. The third-order valence-corrected chi connectivity index (χ3v) is 6.80. The summed E-state index contributed by atoms with van der Waals surface area (Å²) in [6.07, 6.45) is 1.79. The van der Waals surface area contributed by atoms with E-state index in [1.165, 1.54) is 0 Å². The largest absolute Gasteiger partial charge is 0.402 e. The van der Waals surface area contributed by atoms with Crippen LogP contribution in [0.3, 0.4) is 0 Å². The van der Waals surface area contributed by atoms with Crippen molar-refractivity contribution in [2.45, 2.75) is 0 Å². The normalized spacial score (nSPS) is 16.5. The summed E-state index contributed by atoms with van der Waals surface area (Å²) in [5.41, 5.74) is 2.99. The van der Waals surface area contributed by atoms with Gasteiger partial charge in [-0.1, -0.05) is 72.8 Å². The molecule has 1 saturated heterocycles. The first-order valence-corrected chi connectivity index (χ1v) is 12.7. The summed E-state index contributed by atoms with van der Waals surface area (Å²) in [4.78, 5) is 23.3. The maximum Gasteiger partial charge on any atom is 0.365 e. The standard InChI is InChI=1S/C31H27N5O2/c32-31(36(24-12-3-1-4-13-24)25-14-5-2-6-15-25)35-20-18-34(19-21-35)22-28-30(37)38-29(33-28)27-17-9-11-23-10-7-8-16-26(23)27/h1-17,22,32H,18-21H2. The topological polar surface area (TPSA) is 72.2 Å². The van der Waals surface area contributed by atoms with Crippen LogP contribution in [0.1, 0.15) is 5.56 Å². The van der Waals surface area contributed by atoms with Crippen molar-refractivity contribution >= 4 is 40.0 Å². The molecule has 0 atom stereocenters. The fraction of sp³-hybridized carbons (Fsp3) is 0.129. The average molecular weight is 502 g/mol. The number of aliphatic imine (C=N–C) groups is 1. The van der Waals surface area contributed by atoms with Gasteiger partial charge < -0.3 is 14.5 Å². The minimum Gasteiger partial charge on any atom is -0.402 e. The third-order valence-electron chi connectivity index (χ3n) is 6.80. The first-order chi connectivity index (χ1) is 18.7. The van der Waals surface area contributed by atoms with E-state index >= 15 is 0 Å². The van der Waals surface area contributed by atoms with Crippen molar-refractivity contribution in [3.8, 4) is 0 Å². The summed E-state index contributed by atoms with van der Waals surface area (Å²) in [7, 11) is 0. The van der Waals surface area contributed by atoms with Crippen LogP contribution in [0, 0.1) is 5.41 Å². The van der Waals surface area contributed by atoms with Crippen molar-refractivity contribution in [3.05, 3.63) is 121 Å². The van der Waals surface area contributed by atoms with Gasteiger partial charge in [0, 0.05) is 49.3 Å². The Bertz CT molecular complexity index is 1500. The van der Waals surface area contributed by atoms with E-state index in [1.54, 1.807) is 6.20 Å². The fourth-order valence-electron chi connectivity index (χ4n) is 4.85. The lowest BCUT2D eigenvalue weighted by molar-refractivity contribution is -0.130. The third kappa shape index (κ3) is 4.62. The van der Waals surface area contributed by atoms with Gasteiger partial charge in [-0.15, -0.1) is 0 Å². The number of nitrogens with one attached hydrogen (secondary N) is 1. The van der Waals surface area contributed by atoms with Crippen molar-refractivity contribution in [1.82, 2.24) is 9.80 Å². The number of carbonyl (C=O) groups is 1. The molecule has 0 aromatic heterocycles. The van der Waals surface area contributed by atoms with Crippen LogP contribution in [-0.2, 0) is 9.53 Å². The number of carbonyl (C=O) groups excluding carboxylic acids is 1. The molecule has 0 spiro atoms. The first kappa shape index (κ1) is 23.5. The summed E-state index contributed by atoms with van der Waals surface area (Å²) in [6.45, 7) is 2.62. The number of cyclic esters (lactones) is 1. The van der Waals surface area contributed by atoms with E-state index in [4.69, 9.17) is 10.1 Å². The SMILES string of the molecule is N=C(N1CCN(C=C2N=C(c3cccc4ccccc34)OC2=O)CC1)N(c1ccccc1)c1ccccc1. The maximum atomic E-state index is 12.7. The average Bonchev–Trinajstić information content (AvgIpc) is 3.34. The molecule has 1 N–H and O–H groups in total. The predicted molar refractivity (Wildman–Crippen MR) is 151 cm³/mol. The highest BCUT2D eigenvalue weighted by Gasteiger charge is 2.28. The Morgan fingerprint density at radius 3 is 2.08 bits per heavy atom. The van der Waals surface area contributed by atoms with Gasteiger partial charge in [0.25, 0.3) is 0 Å². The number of hydrogen-bond donors (Lipinski definition) is 1. The number of piperazine rings is 1. The van der Waals surface area contributed by atoms with Gasteiger partial charge in [-0.25, -0.2) is 9.79 Å². The summed E-state index contributed by atoms with van der Waals surface area (Å²) >= 11 is 0. The molecular formula is C31H27N5O2. The summed E-state index contributed by atoms with van der Waals surface area (Å²) in [5.74, 6) is 0.313.